The molecule has 160 valence electrons. The number of hydrogen-bond donors (Lipinski definition) is 1. The van der Waals surface area contributed by atoms with Gasteiger partial charge in [-0.05, 0) is 70.9 Å². The van der Waals surface area contributed by atoms with E-state index in [-0.39, 0.29) is 18.8 Å². The summed E-state index contributed by atoms with van der Waals surface area (Å²) in [4.78, 5) is 49.8. The van der Waals surface area contributed by atoms with Gasteiger partial charge in [-0.3, -0.25) is 14.9 Å². The number of barbiturate groups is 1. The zero-order valence-corrected chi connectivity index (χ0v) is 19.4. The number of benzene rings is 2. The molecule has 0 spiro atoms. The van der Waals surface area contributed by atoms with E-state index in [0.717, 1.165) is 9.37 Å². The van der Waals surface area contributed by atoms with Crippen molar-refractivity contribution in [3.8, 4) is 5.75 Å². The Labute approximate surface area is 194 Å². The Balaban J connectivity index is 1.84. The number of carbonyl (C=O) groups is 4. The van der Waals surface area contributed by atoms with Gasteiger partial charge in [0.2, 0.25) is 0 Å². The van der Waals surface area contributed by atoms with Gasteiger partial charge < -0.3 is 9.47 Å². The van der Waals surface area contributed by atoms with E-state index in [1.807, 2.05) is 0 Å². The van der Waals surface area contributed by atoms with Crippen molar-refractivity contribution in [2.45, 2.75) is 6.92 Å². The summed E-state index contributed by atoms with van der Waals surface area (Å²) in [7, 11) is 0. The first-order valence-corrected chi connectivity index (χ1v) is 10.6. The molecular weight excluding hydrogens is 536 g/mol. The standard InChI is InChI=1S/C21H16Br2N2O6/c1-2-30-18(26)11-31-17-8-3-12(10-16(17)23)9-15-19(27)24-21(29)25(20(15)28)14-6-4-13(22)5-7-14/h3-10H,2,11H2,1H3,(H,24,27,29)/b15-9+. The summed E-state index contributed by atoms with van der Waals surface area (Å²) in [5, 5.41) is 2.17. The number of ether oxygens (including phenoxy) is 2. The lowest BCUT2D eigenvalue weighted by atomic mass is 10.1. The average molecular weight is 552 g/mol. The van der Waals surface area contributed by atoms with Gasteiger partial charge in [-0.25, -0.2) is 14.5 Å². The van der Waals surface area contributed by atoms with Crippen LogP contribution in [0.2, 0.25) is 0 Å². The van der Waals surface area contributed by atoms with Crippen LogP contribution in [0.15, 0.2) is 57.0 Å². The Morgan fingerprint density at radius 3 is 2.45 bits per heavy atom. The van der Waals surface area contributed by atoms with Crippen LogP contribution in [0.3, 0.4) is 0 Å². The number of rotatable bonds is 6. The fourth-order valence-electron chi connectivity index (χ4n) is 2.71. The van der Waals surface area contributed by atoms with E-state index in [0.29, 0.717) is 21.5 Å². The molecule has 0 aromatic heterocycles. The van der Waals surface area contributed by atoms with Crippen LogP contribution in [0, 0.1) is 0 Å². The van der Waals surface area contributed by atoms with E-state index in [4.69, 9.17) is 9.47 Å². The van der Waals surface area contributed by atoms with Crippen LogP contribution in [-0.2, 0) is 19.1 Å². The normalized spacial score (nSPS) is 15.1. The summed E-state index contributed by atoms with van der Waals surface area (Å²) in [5.74, 6) is -1.64. The van der Waals surface area contributed by atoms with Crippen LogP contribution in [0.1, 0.15) is 12.5 Å². The highest BCUT2D eigenvalue weighted by molar-refractivity contribution is 9.10. The summed E-state index contributed by atoms with van der Waals surface area (Å²) in [6, 6.07) is 10.5. The van der Waals surface area contributed by atoms with Crippen LogP contribution in [-0.4, -0.2) is 37.0 Å². The van der Waals surface area contributed by atoms with Gasteiger partial charge in [-0.1, -0.05) is 22.0 Å². The molecule has 1 heterocycles. The average Bonchev–Trinajstić information content (AvgIpc) is 2.72. The summed E-state index contributed by atoms with van der Waals surface area (Å²) in [5.41, 5.74) is 0.640. The third kappa shape index (κ3) is 5.39. The highest BCUT2D eigenvalue weighted by atomic mass is 79.9. The lowest BCUT2D eigenvalue weighted by Crippen LogP contribution is -2.54. The fraction of sp³-hybridized carbons (Fsp3) is 0.143. The van der Waals surface area contributed by atoms with Gasteiger partial charge in [0.05, 0.1) is 16.8 Å². The number of esters is 1. The summed E-state index contributed by atoms with van der Waals surface area (Å²) in [6.07, 6.45) is 1.37. The molecule has 0 unspecified atom stereocenters. The summed E-state index contributed by atoms with van der Waals surface area (Å²) < 4.78 is 11.5. The first-order valence-electron chi connectivity index (χ1n) is 9.05. The van der Waals surface area contributed by atoms with E-state index in [9.17, 15) is 19.2 Å². The second-order valence-corrected chi connectivity index (χ2v) is 7.99. The molecule has 1 aliphatic heterocycles. The number of imide groups is 2. The Morgan fingerprint density at radius 1 is 1.10 bits per heavy atom. The second-order valence-electron chi connectivity index (χ2n) is 6.22. The van der Waals surface area contributed by atoms with E-state index < -0.39 is 23.8 Å². The molecule has 31 heavy (non-hydrogen) atoms. The molecule has 0 atom stereocenters. The molecule has 3 rings (SSSR count). The minimum absolute atomic E-state index is 0.199. The Kier molecular flexibility index (Phi) is 7.24. The SMILES string of the molecule is CCOC(=O)COc1ccc(/C=C2\C(=O)NC(=O)N(c3ccc(Br)cc3)C2=O)cc1Br. The smallest absolute Gasteiger partial charge is 0.344 e. The topological polar surface area (TPSA) is 102 Å². The molecule has 1 N–H and O–H groups in total. The second kappa shape index (κ2) is 9.88. The van der Waals surface area contributed by atoms with Gasteiger partial charge in [0.25, 0.3) is 11.8 Å². The quantitative estimate of drug-likeness (QED) is 0.333. The Bertz CT molecular complexity index is 1080. The molecule has 2 aromatic carbocycles. The van der Waals surface area contributed by atoms with Crippen LogP contribution < -0.4 is 15.0 Å². The molecule has 0 bridgehead atoms. The zero-order chi connectivity index (χ0) is 22.5. The monoisotopic (exact) mass is 550 g/mol. The fourth-order valence-corrected chi connectivity index (χ4v) is 3.49. The number of carbonyl (C=O) groups excluding carboxylic acids is 4. The lowest BCUT2D eigenvalue weighted by molar-refractivity contribution is -0.145. The van der Waals surface area contributed by atoms with Crippen molar-refractivity contribution in [2.24, 2.45) is 0 Å². The maximum Gasteiger partial charge on any atom is 0.344 e. The van der Waals surface area contributed by atoms with Crippen LogP contribution in [0.25, 0.3) is 6.08 Å². The molecule has 2 aromatic rings. The zero-order valence-electron chi connectivity index (χ0n) is 16.2. The maximum absolute atomic E-state index is 12.9. The molecule has 1 fully saturated rings. The van der Waals surface area contributed by atoms with Crippen molar-refractivity contribution in [3.05, 3.63) is 62.5 Å². The van der Waals surface area contributed by atoms with Crippen molar-refractivity contribution in [1.82, 2.24) is 5.32 Å². The molecule has 4 amide bonds. The first-order chi connectivity index (χ1) is 14.8. The number of halogens is 2. The maximum atomic E-state index is 12.9. The van der Waals surface area contributed by atoms with E-state index in [1.54, 1.807) is 49.4 Å². The molecule has 0 radical (unpaired) electrons. The molecular formula is C21H16Br2N2O6. The number of urea groups is 1. The predicted molar refractivity (Wildman–Crippen MR) is 119 cm³/mol. The van der Waals surface area contributed by atoms with Gasteiger partial charge in [0.1, 0.15) is 11.3 Å². The number of hydrogen-bond acceptors (Lipinski definition) is 6. The van der Waals surface area contributed by atoms with Crippen LogP contribution >= 0.6 is 31.9 Å². The van der Waals surface area contributed by atoms with Gasteiger partial charge in [0.15, 0.2) is 6.61 Å². The summed E-state index contributed by atoms with van der Waals surface area (Å²) >= 11 is 6.63. The molecule has 8 nitrogen and oxygen atoms in total. The number of nitrogens with zero attached hydrogens (tertiary/aromatic N) is 1. The van der Waals surface area contributed by atoms with Crippen molar-refractivity contribution in [2.75, 3.05) is 18.1 Å². The van der Waals surface area contributed by atoms with Gasteiger partial charge in [-0.15, -0.1) is 0 Å². The molecule has 1 aliphatic rings. The molecule has 1 saturated heterocycles. The summed E-state index contributed by atoms with van der Waals surface area (Å²) in [6.45, 7) is 1.70. The molecule has 0 saturated carbocycles. The lowest BCUT2D eigenvalue weighted by Gasteiger charge is -2.26. The third-order valence-corrected chi connectivity index (χ3v) is 5.25. The first kappa shape index (κ1) is 22.7. The van der Waals surface area contributed by atoms with Crippen molar-refractivity contribution < 1.29 is 28.7 Å². The number of amides is 4. The Morgan fingerprint density at radius 2 is 1.81 bits per heavy atom. The van der Waals surface area contributed by atoms with Crippen molar-refractivity contribution >= 4 is 67.4 Å². The number of nitrogens with one attached hydrogen (secondary N) is 1. The van der Waals surface area contributed by atoms with Gasteiger partial charge in [-0.2, -0.15) is 0 Å². The minimum Gasteiger partial charge on any atom is -0.481 e. The van der Waals surface area contributed by atoms with Crippen molar-refractivity contribution in [3.63, 3.8) is 0 Å². The minimum atomic E-state index is -0.821. The number of anilines is 1. The van der Waals surface area contributed by atoms with Crippen molar-refractivity contribution in [1.29, 1.82) is 0 Å². The highest BCUT2D eigenvalue weighted by Gasteiger charge is 2.36. The molecule has 10 heteroatoms. The van der Waals surface area contributed by atoms with Gasteiger partial charge >= 0.3 is 12.0 Å². The third-order valence-electron chi connectivity index (χ3n) is 4.10. The molecule has 0 aliphatic carbocycles. The predicted octanol–water partition coefficient (Wildman–Crippen LogP) is 3.82. The van der Waals surface area contributed by atoms with Crippen LogP contribution in [0.4, 0.5) is 10.5 Å². The van der Waals surface area contributed by atoms with E-state index >= 15 is 0 Å². The van der Waals surface area contributed by atoms with Gasteiger partial charge in [0, 0.05) is 4.47 Å². The van der Waals surface area contributed by atoms with E-state index in [1.165, 1.54) is 6.08 Å². The van der Waals surface area contributed by atoms with Crippen LogP contribution in [0.5, 0.6) is 5.75 Å². The highest BCUT2D eigenvalue weighted by Crippen LogP contribution is 2.28. The van der Waals surface area contributed by atoms with E-state index in [2.05, 4.69) is 37.2 Å². The Hall–Kier alpha value is -2.98. The largest absolute Gasteiger partial charge is 0.481 e.